The fourth-order valence-corrected chi connectivity index (χ4v) is 4.85. The van der Waals surface area contributed by atoms with E-state index in [0.717, 1.165) is 44.1 Å². The zero-order valence-electron chi connectivity index (χ0n) is 17.0. The van der Waals surface area contributed by atoms with E-state index in [4.69, 9.17) is 0 Å². The zero-order valence-corrected chi connectivity index (χ0v) is 17.0. The highest BCUT2D eigenvalue weighted by molar-refractivity contribution is 5.89. The van der Waals surface area contributed by atoms with Crippen LogP contribution in [-0.4, -0.2) is 51.8 Å². The van der Waals surface area contributed by atoms with E-state index in [1.165, 1.54) is 5.56 Å². The molecule has 2 N–H and O–H groups in total. The number of hydrogen-bond acceptors (Lipinski definition) is 6. The first-order chi connectivity index (χ1) is 14.2. The second-order valence-corrected chi connectivity index (χ2v) is 8.67. The van der Waals surface area contributed by atoms with Crippen LogP contribution < -0.4 is 10.9 Å². The Bertz CT molecular complexity index is 801. The van der Waals surface area contributed by atoms with E-state index in [2.05, 4.69) is 75.5 Å². The topological polar surface area (TPSA) is 63.2 Å². The van der Waals surface area contributed by atoms with Gasteiger partial charge in [0, 0.05) is 38.3 Å². The first-order valence-electron chi connectivity index (χ1n) is 10.8. The molecule has 0 saturated carbocycles. The van der Waals surface area contributed by atoms with Crippen molar-refractivity contribution in [3.63, 3.8) is 0 Å². The van der Waals surface area contributed by atoms with E-state index in [0.29, 0.717) is 24.9 Å². The molecule has 5 rings (SSSR count). The van der Waals surface area contributed by atoms with Crippen molar-refractivity contribution in [2.75, 3.05) is 13.1 Å². The summed E-state index contributed by atoms with van der Waals surface area (Å²) in [6.45, 7) is 4.08. The van der Waals surface area contributed by atoms with Gasteiger partial charge in [-0.3, -0.25) is 10.2 Å². The smallest absolute Gasteiger partial charge is 0.223 e. The first-order valence-corrected chi connectivity index (χ1v) is 10.8. The van der Waals surface area contributed by atoms with Crippen molar-refractivity contribution in [3.05, 3.63) is 48.3 Å². The number of hydrazine groups is 1. The van der Waals surface area contributed by atoms with Crippen LogP contribution in [-0.2, 0) is 4.79 Å². The van der Waals surface area contributed by atoms with Crippen LogP contribution in [0.15, 0.2) is 47.8 Å². The third-order valence-electron chi connectivity index (χ3n) is 6.72. The predicted molar refractivity (Wildman–Crippen MR) is 112 cm³/mol. The molecule has 29 heavy (non-hydrogen) atoms. The molecule has 1 amide bonds. The molecular weight excluding hydrogens is 364 g/mol. The third kappa shape index (κ3) is 3.59. The van der Waals surface area contributed by atoms with Gasteiger partial charge in [-0.05, 0) is 30.7 Å². The number of hydrogen-bond donors (Lipinski definition) is 2. The fourth-order valence-electron chi connectivity index (χ4n) is 4.85. The lowest BCUT2D eigenvalue weighted by Gasteiger charge is -2.37. The van der Waals surface area contributed by atoms with Crippen LogP contribution in [0.5, 0.6) is 0 Å². The molecule has 1 aromatic rings. The molecule has 7 heteroatoms. The summed E-state index contributed by atoms with van der Waals surface area (Å²) >= 11 is 0. The van der Waals surface area contributed by atoms with Crippen molar-refractivity contribution in [1.82, 2.24) is 25.7 Å². The minimum atomic E-state index is 0.113. The molecular formula is C22H30N6O. The first kappa shape index (κ1) is 18.5. The van der Waals surface area contributed by atoms with Gasteiger partial charge in [0.1, 0.15) is 12.0 Å². The van der Waals surface area contributed by atoms with Crippen LogP contribution in [0.3, 0.4) is 0 Å². The van der Waals surface area contributed by atoms with E-state index in [-0.39, 0.29) is 12.1 Å². The van der Waals surface area contributed by atoms with Gasteiger partial charge in [-0.25, -0.2) is 5.43 Å². The van der Waals surface area contributed by atoms with Crippen LogP contribution in [0.25, 0.3) is 0 Å². The Morgan fingerprint density at radius 3 is 2.76 bits per heavy atom. The van der Waals surface area contributed by atoms with Crippen molar-refractivity contribution in [1.29, 1.82) is 0 Å². The van der Waals surface area contributed by atoms with Crippen LogP contribution in [0.1, 0.15) is 50.6 Å². The second kappa shape index (κ2) is 7.71. The Labute approximate surface area is 172 Å². The van der Waals surface area contributed by atoms with Crippen molar-refractivity contribution in [2.24, 2.45) is 11.0 Å². The fraction of sp³-hybridized carbons (Fsp3) is 0.545. The van der Waals surface area contributed by atoms with Crippen molar-refractivity contribution >= 4 is 11.7 Å². The van der Waals surface area contributed by atoms with E-state index in [9.17, 15) is 4.79 Å². The van der Waals surface area contributed by atoms with Gasteiger partial charge in [0.25, 0.3) is 0 Å². The van der Waals surface area contributed by atoms with Gasteiger partial charge in [-0.2, -0.15) is 5.10 Å². The van der Waals surface area contributed by atoms with Crippen molar-refractivity contribution in [3.8, 4) is 0 Å². The molecule has 2 saturated heterocycles. The number of carbonyl (C=O) groups excluding carboxylic acids is 1. The number of hydrazone groups is 1. The number of nitrogens with zero attached hydrogens (tertiary/aromatic N) is 4. The van der Waals surface area contributed by atoms with Gasteiger partial charge in [-0.15, -0.1) is 0 Å². The molecule has 0 spiro atoms. The Balaban J connectivity index is 1.18. The predicted octanol–water partition coefficient (Wildman–Crippen LogP) is 2.37. The Kier molecular flexibility index (Phi) is 4.91. The van der Waals surface area contributed by atoms with Crippen LogP contribution in [0, 0.1) is 5.92 Å². The summed E-state index contributed by atoms with van der Waals surface area (Å²) in [6.07, 6.45) is 8.76. The summed E-state index contributed by atoms with van der Waals surface area (Å²) in [5.41, 5.74) is 8.23. The van der Waals surface area contributed by atoms with Gasteiger partial charge >= 0.3 is 0 Å². The number of piperidine rings is 1. The molecule has 154 valence electrons. The normalized spacial score (nSPS) is 28.8. The van der Waals surface area contributed by atoms with E-state index in [1.807, 2.05) is 4.90 Å². The highest BCUT2D eigenvalue weighted by Crippen LogP contribution is 2.34. The molecule has 7 nitrogen and oxygen atoms in total. The lowest BCUT2D eigenvalue weighted by Crippen LogP contribution is -2.54. The average Bonchev–Trinajstić information content (AvgIpc) is 3.37. The van der Waals surface area contributed by atoms with Crippen molar-refractivity contribution in [2.45, 2.75) is 57.3 Å². The highest BCUT2D eigenvalue weighted by atomic mass is 16.2. The monoisotopic (exact) mass is 394 g/mol. The average molecular weight is 395 g/mol. The van der Waals surface area contributed by atoms with Crippen LogP contribution >= 0.6 is 0 Å². The van der Waals surface area contributed by atoms with Gasteiger partial charge in [0.05, 0.1) is 12.1 Å². The molecule has 3 unspecified atom stereocenters. The van der Waals surface area contributed by atoms with E-state index in [1.54, 1.807) is 0 Å². The molecule has 0 aliphatic carbocycles. The van der Waals surface area contributed by atoms with Gasteiger partial charge in [0.2, 0.25) is 5.91 Å². The number of amides is 1. The standard InChI is InChI=1S/C22H30N6O/c1-16-9-11-26(12-10-16)21(29)8-7-20-23-24-22-19-15-18(17-5-3-2-4-6-17)25-28(19)14-13-27(20)22/h2-6,13-14,16,18-19,22,24-25H,7-12,15H2,1H3. The maximum absolute atomic E-state index is 12.6. The third-order valence-corrected chi connectivity index (χ3v) is 6.72. The summed E-state index contributed by atoms with van der Waals surface area (Å²) in [7, 11) is 0. The molecule has 4 aliphatic rings. The van der Waals surface area contributed by atoms with Crippen LogP contribution in [0.4, 0.5) is 0 Å². The maximum atomic E-state index is 12.6. The number of benzene rings is 1. The maximum Gasteiger partial charge on any atom is 0.223 e. The summed E-state index contributed by atoms with van der Waals surface area (Å²) in [5.74, 6) is 1.97. The van der Waals surface area contributed by atoms with Gasteiger partial charge < -0.3 is 14.8 Å². The Morgan fingerprint density at radius 1 is 1.17 bits per heavy atom. The Hall–Kier alpha value is -2.54. The van der Waals surface area contributed by atoms with Gasteiger partial charge in [0.15, 0.2) is 0 Å². The SMILES string of the molecule is CC1CCN(C(=O)CCC2=NNC3C4CC(c5ccccc5)NN4C=CN23)CC1. The molecule has 3 atom stereocenters. The van der Waals surface area contributed by atoms with E-state index >= 15 is 0 Å². The molecule has 2 fully saturated rings. The number of carbonyl (C=O) groups is 1. The molecule has 0 bridgehead atoms. The number of likely N-dealkylation sites (tertiary alicyclic amines) is 1. The summed E-state index contributed by atoms with van der Waals surface area (Å²) < 4.78 is 0. The minimum absolute atomic E-state index is 0.113. The largest absolute Gasteiger partial charge is 0.343 e. The zero-order chi connectivity index (χ0) is 19.8. The van der Waals surface area contributed by atoms with Crippen LogP contribution in [0.2, 0.25) is 0 Å². The minimum Gasteiger partial charge on any atom is -0.343 e. The molecule has 1 aromatic carbocycles. The molecule has 4 heterocycles. The number of rotatable bonds is 4. The van der Waals surface area contributed by atoms with Gasteiger partial charge in [-0.1, -0.05) is 37.3 Å². The summed E-state index contributed by atoms with van der Waals surface area (Å²) in [4.78, 5) is 16.8. The summed E-state index contributed by atoms with van der Waals surface area (Å²) in [6, 6.07) is 11.2. The summed E-state index contributed by atoms with van der Waals surface area (Å²) in [5, 5.41) is 6.78. The number of amidine groups is 1. The molecule has 4 aliphatic heterocycles. The van der Waals surface area contributed by atoms with E-state index < -0.39 is 0 Å². The number of fused-ring (bicyclic) bond motifs is 3. The molecule has 0 radical (unpaired) electrons. The lowest BCUT2D eigenvalue weighted by molar-refractivity contribution is -0.132. The van der Waals surface area contributed by atoms with Crippen molar-refractivity contribution < 1.29 is 4.79 Å². The highest BCUT2D eigenvalue weighted by Gasteiger charge is 2.44. The second-order valence-electron chi connectivity index (χ2n) is 8.67. The Morgan fingerprint density at radius 2 is 1.97 bits per heavy atom. The lowest BCUT2D eigenvalue weighted by atomic mass is 9.99. The quantitative estimate of drug-likeness (QED) is 0.821. The number of nitrogens with one attached hydrogen (secondary N) is 2. The molecule has 0 aromatic heterocycles.